The van der Waals surface area contributed by atoms with Crippen LogP contribution in [0.5, 0.6) is 0 Å². The van der Waals surface area contributed by atoms with E-state index in [1.165, 1.54) is 0 Å². The fourth-order valence-corrected chi connectivity index (χ4v) is 1.66. The maximum atomic E-state index is 11.9. The third-order valence-electron chi connectivity index (χ3n) is 2.35. The van der Waals surface area contributed by atoms with E-state index in [1.54, 1.807) is 18.2 Å². The van der Waals surface area contributed by atoms with Crippen molar-refractivity contribution in [3.63, 3.8) is 0 Å². The molecule has 3 N–H and O–H groups in total. The molecule has 0 saturated carbocycles. The van der Waals surface area contributed by atoms with Gasteiger partial charge in [-0.2, -0.15) is 5.26 Å². The first-order valence-corrected chi connectivity index (χ1v) is 5.68. The van der Waals surface area contributed by atoms with Crippen LogP contribution < -0.4 is 11.1 Å². The Hall–Kier alpha value is -1.73. The molecule has 1 aromatic carbocycles. The highest BCUT2D eigenvalue weighted by atomic mass is 35.5. The molecule has 0 spiro atoms. The van der Waals surface area contributed by atoms with Crippen LogP contribution in [0.2, 0.25) is 5.02 Å². The summed E-state index contributed by atoms with van der Waals surface area (Å²) in [5.74, 6) is -0.263. The molecule has 0 aliphatic rings. The molecule has 0 saturated heterocycles. The molecule has 1 atom stereocenters. The highest BCUT2D eigenvalue weighted by Gasteiger charge is 2.12. The van der Waals surface area contributed by atoms with Crippen molar-refractivity contribution >= 4 is 23.2 Å². The summed E-state index contributed by atoms with van der Waals surface area (Å²) < 4.78 is 0. The third kappa shape index (κ3) is 3.97. The van der Waals surface area contributed by atoms with Gasteiger partial charge in [0.25, 0.3) is 5.91 Å². The predicted octanol–water partition coefficient (Wildman–Crippen LogP) is 2.34. The number of nitriles is 1. The number of rotatable bonds is 4. The van der Waals surface area contributed by atoms with E-state index in [0.717, 1.165) is 0 Å². The normalized spacial score (nSPS) is 11.6. The van der Waals surface area contributed by atoms with Crippen LogP contribution in [-0.2, 0) is 0 Å². The summed E-state index contributed by atoms with van der Waals surface area (Å²) in [5, 5.41) is 11.8. The van der Waals surface area contributed by atoms with Crippen molar-refractivity contribution < 1.29 is 4.79 Å². The van der Waals surface area contributed by atoms with Gasteiger partial charge in [-0.05, 0) is 24.6 Å². The number of nitrogens with two attached hydrogens (primary N) is 1. The number of hydrogen-bond acceptors (Lipinski definition) is 3. The molecule has 1 amide bonds. The van der Waals surface area contributed by atoms with Gasteiger partial charge in [0.15, 0.2) is 0 Å². The zero-order chi connectivity index (χ0) is 12.8. The first kappa shape index (κ1) is 13.3. The monoisotopic (exact) mass is 251 g/mol. The Kier molecular flexibility index (Phi) is 4.80. The quantitative estimate of drug-likeness (QED) is 0.806. The van der Waals surface area contributed by atoms with E-state index >= 15 is 0 Å². The SMILES string of the molecule is CCC(CC#N)NC(=O)c1cc(N)cc(Cl)c1. The van der Waals surface area contributed by atoms with Crippen LogP contribution in [0.1, 0.15) is 30.1 Å². The first-order valence-electron chi connectivity index (χ1n) is 5.30. The summed E-state index contributed by atoms with van der Waals surface area (Å²) in [7, 11) is 0. The van der Waals surface area contributed by atoms with Gasteiger partial charge in [0.05, 0.1) is 12.5 Å². The van der Waals surface area contributed by atoms with E-state index < -0.39 is 0 Å². The van der Waals surface area contributed by atoms with Gasteiger partial charge in [0.2, 0.25) is 0 Å². The highest BCUT2D eigenvalue weighted by Crippen LogP contribution is 2.16. The Labute approximate surface area is 105 Å². The fourth-order valence-electron chi connectivity index (χ4n) is 1.42. The van der Waals surface area contributed by atoms with Crippen LogP contribution >= 0.6 is 11.6 Å². The van der Waals surface area contributed by atoms with Crippen LogP contribution in [0.15, 0.2) is 18.2 Å². The van der Waals surface area contributed by atoms with Crippen LogP contribution in [0, 0.1) is 11.3 Å². The summed E-state index contributed by atoms with van der Waals surface area (Å²) in [6, 6.07) is 6.57. The molecule has 90 valence electrons. The van der Waals surface area contributed by atoms with Gasteiger partial charge in [-0.25, -0.2) is 0 Å². The molecule has 4 nitrogen and oxygen atoms in total. The van der Waals surface area contributed by atoms with Gasteiger partial charge >= 0.3 is 0 Å². The van der Waals surface area contributed by atoms with E-state index in [1.807, 2.05) is 13.0 Å². The van der Waals surface area contributed by atoms with Crippen LogP contribution in [0.25, 0.3) is 0 Å². The Morgan fingerprint density at radius 1 is 1.59 bits per heavy atom. The van der Waals surface area contributed by atoms with E-state index in [4.69, 9.17) is 22.6 Å². The number of amides is 1. The number of carbonyl (C=O) groups excluding carboxylic acids is 1. The van der Waals surface area contributed by atoms with Crippen molar-refractivity contribution in [3.05, 3.63) is 28.8 Å². The van der Waals surface area contributed by atoms with Crippen molar-refractivity contribution in [2.75, 3.05) is 5.73 Å². The number of nitrogens with zero attached hydrogens (tertiary/aromatic N) is 1. The average Bonchev–Trinajstić information content (AvgIpc) is 2.27. The minimum absolute atomic E-state index is 0.146. The van der Waals surface area contributed by atoms with Crippen molar-refractivity contribution in [3.8, 4) is 6.07 Å². The molecule has 0 aliphatic carbocycles. The maximum Gasteiger partial charge on any atom is 0.251 e. The molecule has 5 heteroatoms. The Balaban J connectivity index is 2.79. The molecule has 0 aromatic heterocycles. The minimum Gasteiger partial charge on any atom is -0.399 e. The lowest BCUT2D eigenvalue weighted by Gasteiger charge is -2.13. The lowest BCUT2D eigenvalue weighted by Crippen LogP contribution is -2.34. The van der Waals surface area contributed by atoms with E-state index in [-0.39, 0.29) is 18.4 Å². The Morgan fingerprint density at radius 2 is 2.29 bits per heavy atom. The van der Waals surface area contributed by atoms with Crippen molar-refractivity contribution in [1.82, 2.24) is 5.32 Å². The fraction of sp³-hybridized carbons (Fsp3) is 0.333. The molecular formula is C12H14ClN3O. The molecule has 1 unspecified atom stereocenters. The summed E-state index contributed by atoms with van der Waals surface area (Å²) in [6.45, 7) is 1.91. The Bertz CT molecular complexity index is 433. The van der Waals surface area contributed by atoms with Gasteiger partial charge in [0.1, 0.15) is 0 Å². The summed E-state index contributed by atoms with van der Waals surface area (Å²) in [4.78, 5) is 11.9. The zero-order valence-electron chi connectivity index (χ0n) is 9.53. The standard InChI is InChI=1S/C12H14ClN3O/c1-2-11(3-4-14)16-12(17)8-5-9(13)7-10(15)6-8/h5-7,11H,2-3,15H2,1H3,(H,16,17). The highest BCUT2D eigenvalue weighted by molar-refractivity contribution is 6.31. The van der Waals surface area contributed by atoms with E-state index in [0.29, 0.717) is 22.7 Å². The predicted molar refractivity (Wildman–Crippen MR) is 67.6 cm³/mol. The number of nitrogen functional groups attached to an aromatic ring is 1. The molecule has 0 aliphatic heterocycles. The number of benzene rings is 1. The summed E-state index contributed by atoms with van der Waals surface area (Å²) in [6.07, 6.45) is 0.994. The number of hydrogen-bond donors (Lipinski definition) is 2. The number of nitrogens with one attached hydrogen (secondary N) is 1. The van der Waals surface area contributed by atoms with Gasteiger partial charge < -0.3 is 11.1 Å². The molecule has 0 fully saturated rings. The second kappa shape index (κ2) is 6.12. The van der Waals surface area contributed by atoms with Gasteiger partial charge in [0, 0.05) is 22.3 Å². The largest absolute Gasteiger partial charge is 0.399 e. The zero-order valence-corrected chi connectivity index (χ0v) is 10.3. The van der Waals surface area contributed by atoms with Crippen molar-refractivity contribution in [2.24, 2.45) is 0 Å². The number of anilines is 1. The topological polar surface area (TPSA) is 78.9 Å². The lowest BCUT2D eigenvalue weighted by molar-refractivity contribution is 0.0936. The average molecular weight is 252 g/mol. The lowest BCUT2D eigenvalue weighted by atomic mass is 10.1. The molecule has 17 heavy (non-hydrogen) atoms. The van der Waals surface area contributed by atoms with Gasteiger partial charge in [-0.1, -0.05) is 18.5 Å². The third-order valence-corrected chi connectivity index (χ3v) is 2.57. The van der Waals surface area contributed by atoms with Crippen LogP contribution in [-0.4, -0.2) is 11.9 Å². The maximum absolute atomic E-state index is 11.9. The van der Waals surface area contributed by atoms with E-state index in [2.05, 4.69) is 5.32 Å². The second-order valence-electron chi connectivity index (χ2n) is 3.71. The Morgan fingerprint density at radius 3 is 2.82 bits per heavy atom. The van der Waals surface area contributed by atoms with Gasteiger partial charge in [-0.3, -0.25) is 4.79 Å². The number of carbonyl (C=O) groups is 1. The van der Waals surface area contributed by atoms with Crippen LogP contribution in [0.4, 0.5) is 5.69 Å². The smallest absolute Gasteiger partial charge is 0.251 e. The molecule has 0 heterocycles. The van der Waals surface area contributed by atoms with Crippen LogP contribution in [0.3, 0.4) is 0 Å². The number of halogens is 1. The first-order chi connectivity index (χ1) is 8.06. The van der Waals surface area contributed by atoms with E-state index in [9.17, 15) is 4.79 Å². The second-order valence-corrected chi connectivity index (χ2v) is 4.15. The summed E-state index contributed by atoms with van der Waals surface area (Å²) >= 11 is 5.81. The van der Waals surface area contributed by atoms with Crippen molar-refractivity contribution in [1.29, 1.82) is 5.26 Å². The molecular weight excluding hydrogens is 238 g/mol. The van der Waals surface area contributed by atoms with Crippen molar-refractivity contribution in [2.45, 2.75) is 25.8 Å². The molecule has 1 rings (SSSR count). The minimum atomic E-state index is -0.263. The summed E-state index contributed by atoms with van der Waals surface area (Å²) in [5.41, 5.74) is 6.45. The van der Waals surface area contributed by atoms with Gasteiger partial charge in [-0.15, -0.1) is 0 Å². The molecule has 0 bridgehead atoms. The molecule has 0 radical (unpaired) electrons. The molecule has 1 aromatic rings.